The molecule has 6 heteroatoms. The van der Waals surface area contributed by atoms with Crippen molar-refractivity contribution in [3.63, 3.8) is 0 Å². The molecule has 0 aromatic rings. The van der Waals surface area contributed by atoms with E-state index >= 15 is 0 Å². The standard InChI is InChI=1S/C10H22O4S2/c1-3-5-7-9(11,12)15-16-10(13,14)8-6-4-2/h11-14H,3-8H2,1-2H3. The van der Waals surface area contributed by atoms with Crippen molar-refractivity contribution in [3.05, 3.63) is 0 Å². The lowest BCUT2D eigenvalue weighted by Gasteiger charge is -2.25. The van der Waals surface area contributed by atoms with E-state index in [2.05, 4.69) is 0 Å². The van der Waals surface area contributed by atoms with Crippen LogP contribution in [0.3, 0.4) is 0 Å². The smallest absolute Gasteiger partial charge is 0.223 e. The van der Waals surface area contributed by atoms with Crippen LogP contribution in [0.25, 0.3) is 0 Å². The van der Waals surface area contributed by atoms with Gasteiger partial charge in [0.25, 0.3) is 0 Å². The predicted molar refractivity (Wildman–Crippen MR) is 68.6 cm³/mol. The van der Waals surface area contributed by atoms with Gasteiger partial charge < -0.3 is 20.4 Å². The summed E-state index contributed by atoms with van der Waals surface area (Å²) in [6.45, 7) is 3.91. The summed E-state index contributed by atoms with van der Waals surface area (Å²) in [6, 6.07) is 0. The van der Waals surface area contributed by atoms with Crippen molar-refractivity contribution in [1.29, 1.82) is 0 Å². The molecule has 0 unspecified atom stereocenters. The van der Waals surface area contributed by atoms with Gasteiger partial charge in [-0.2, -0.15) is 0 Å². The number of hydrogen-bond acceptors (Lipinski definition) is 6. The van der Waals surface area contributed by atoms with Crippen molar-refractivity contribution < 1.29 is 20.4 Å². The molecular weight excluding hydrogens is 248 g/mol. The largest absolute Gasteiger partial charge is 0.357 e. The Morgan fingerprint density at radius 3 is 1.31 bits per heavy atom. The lowest BCUT2D eigenvalue weighted by Crippen LogP contribution is -2.27. The van der Waals surface area contributed by atoms with Gasteiger partial charge in [0.05, 0.1) is 0 Å². The minimum absolute atomic E-state index is 0.227. The van der Waals surface area contributed by atoms with Crippen molar-refractivity contribution >= 4 is 21.6 Å². The van der Waals surface area contributed by atoms with E-state index in [0.29, 0.717) is 34.4 Å². The maximum absolute atomic E-state index is 9.51. The average Bonchev–Trinajstić information content (AvgIpc) is 2.22. The van der Waals surface area contributed by atoms with E-state index < -0.39 is 10.2 Å². The molecule has 0 aliphatic rings. The first-order valence-corrected chi connectivity index (χ1v) is 7.74. The molecular formula is C10H22O4S2. The number of rotatable bonds is 9. The van der Waals surface area contributed by atoms with Gasteiger partial charge in [-0.05, 0) is 34.4 Å². The van der Waals surface area contributed by atoms with E-state index in [1.54, 1.807) is 0 Å². The van der Waals surface area contributed by atoms with Gasteiger partial charge in [0.2, 0.25) is 10.2 Å². The molecule has 0 aromatic carbocycles. The molecule has 4 nitrogen and oxygen atoms in total. The molecule has 0 aromatic heterocycles. The molecule has 0 spiro atoms. The van der Waals surface area contributed by atoms with Crippen LogP contribution < -0.4 is 0 Å². The normalized spacial score (nSPS) is 13.1. The average molecular weight is 270 g/mol. The molecule has 0 saturated carbocycles. The molecule has 0 atom stereocenters. The Hall–Kier alpha value is 0.540. The highest BCUT2D eigenvalue weighted by Gasteiger charge is 2.31. The van der Waals surface area contributed by atoms with E-state index in [4.69, 9.17) is 0 Å². The van der Waals surface area contributed by atoms with Crippen molar-refractivity contribution in [2.75, 3.05) is 0 Å². The van der Waals surface area contributed by atoms with Gasteiger partial charge in [-0.1, -0.05) is 26.7 Å². The van der Waals surface area contributed by atoms with Gasteiger partial charge in [0, 0.05) is 12.8 Å². The van der Waals surface area contributed by atoms with E-state index in [9.17, 15) is 20.4 Å². The van der Waals surface area contributed by atoms with Gasteiger partial charge in [-0.3, -0.25) is 0 Å². The SMILES string of the molecule is CCCCC(O)(O)SSC(O)(O)CCCC. The minimum Gasteiger partial charge on any atom is -0.357 e. The van der Waals surface area contributed by atoms with E-state index in [-0.39, 0.29) is 12.8 Å². The van der Waals surface area contributed by atoms with Crippen LogP contribution in [0.15, 0.2) is 0 Å². The maximum Gasteiger partial charge on any atom is 0.223 e. The number of unbranched alkanes of at least 4 members (excludes halogenated alkanes) is 2. The van der Waals surface area contributed by atoms with Gasteiger partial charge >= 0.3 is 0 Å². The van der Waals surface area contributed by atoms with Crippen molar-refractivity contribution in [1.82, 2.24) is 0 Å². The molecule has 0 aliphatic carbocycles. The third-order valence-corrected chi connectivity index (χ3v) is 4.90. The molecule has 0 radical (unpaired) electrons. The molecule has 0 rings (SSSR count). The minimum atomic E-state index is -1.89. The Morgan fingerprint density at radius 2 is 1.06 bits per heavy atom. The van der Waals surface area contributed by atoms with E-state index in [0.717, 1.165) is 12.8 Å². The Balaban J connectivity index is 3.91. The Morgan fingerprint density at radius 1 is 0.750 bits per heavy atom. The lowest BCUT2D eigenvalue weighted by molar-refractivity contribution is -0.0861. The number of aliphatic hydroxyl groups is 4. The molecule has 16 heavy (non-hydrogen) atoms. The summed E-state index contributed by atoms with van der Waals surface area (Å²) in [6.07, 6.45) is 3.58. The van der Waals surface area contributed by atoms with Crippen LogP contribution in [-0.4, -0.2) is 30.7 Å². The first-order chi connectivity index (χ1) is 7.33. The van der Waals surface area contributed by atoms with Crippen molar-refractivity contribution in [2.45, 2.75) is 62.6 Å². The highest BCUT2D eigenvalue weighted by molar-refractivity contribution is 8.77. The first-order valence-electron chi connectivity index (χ1n) is 5.59. The van der Waals surface area contributed by atoms with Crippen molar-refractivity contribution in [3.8, 4) is 0 Å². The highest BCUT2D eigenvalue weighted by atomic mass is 33.1. The molecule has 4 N–H and O–H groups in total. The zero-order valence-corrected chi connectivity index (χ0v) is 11.5. The van der Waals surface area contributed by atoms with Gasteiger partial charge in [0.1, 0.15) is 0 Å². The second-order valence-corrected chi connectivity index (χ2v) is 6.50. The zero-order chi connectivity index (χ0) is 12.7. The molecule has 0 amide bonds. The second kappa shape index (κ2) is 7.79. The topological polar surface area (TPSA) is 80.9 Å². The van der Waals surface area contributed by atoms with E-state index in [1.165, 1.54) is 0 Å². The van der Waals surface area contributed by atoms with Crippen LogP contribution in [0.4, 0.5) is 0 Å². The van der Waals surface area contributed by atoms with Crippen LogP contribution >= 0.6 is 21.6 Å². The number of hydrogen-bond donors (Lipinski definition) is 4. The van der Waals surface area contributed by atoms with E-state index in [1.807, 2.05) is 13.8 Å². The van der Waals surface area contributed by atoms with Crippen LogP contribution in [-0.2, 0) is 0 Å². The molecule has 0 aliphatic heterocycles. The summed E-state index contributed by atoms with van der Waals surface area (Å²) < 4.78 is 0. The third-order valence-electron chi connectivity index (χ3n) is 2.02. The maximum atomic E-state index is 9.51. The van der Waals surface area contributed by atoms with Crippen LogP contribution in [0.2, 0.25) is 0 Å². The molecule has 0 heterocycles. The third kappa shape index (κ3) is 8.66. The Labute approximate surface area is 105 Å². The summed E-state index contributed by atoms with van der Waals surface area (Å²) in [5.74, 6) is 0. The summed E-state index contributed by atoms with van der Waals surface area (Å²) >= 11 is 0. The quantitative estimate of drug-likeness (QED) is 0.379. The molecule has 0 fully saturated rings. The fourth-order valence-electron chi connectivity index (χ4n) is 1.03. The van der Waals surface area contributed by atoms with Crippen LogP contribution in [0.5, 0.6) is 0 Å². The summed E-state index contributed by atoms with van der Waals surface area (Å²) in [4.78, 5) is 0. The zero-order valence-electron chi connectivity index (χ0n) is 9.85. The summed E-state index contributed by atoms with van der Waals surface area (Å²) in [7, 11) is 1.41. The van der Waals surface area contributed by atoms with Gasteiger partial charge in [-0.15, -0.1) is 0 Å². The molecule has 0 saturated heterocycles. The fraction of sp³-hybridized carbons (Fsp3) is 1.00. The van der Waals surface area contributed by atoms with Crippen LogP contribution in [0.1, 0.15) is 52.4 Å². The summed E-state index contributed by atoms with van der Waals surface area (Å²) in [5, 5.41) is 34.3. The highest BCUT2D eigenvalue weighted by Crippen LogP contribution is 2.43. The molecule has 0 bridgehead atoms. The van der Waals surface area contributed by atoms with Crippen molar-refractivity contribution in [2.24, 2.45) is 0 Å². The van der Waals surface area contributed by atoms with Gasteiger partial charge in [-0.25, -0.2) is 0 Å². The summed E-state index contributed by atoms with van der Waals surface area (Å²) in [5.41, 5.74) is 0. The lowest BCUT2D eigenvalue weighted by atomic mass is 10.2. The second-order valence-electron chi connectivity index (χ2n) is 3.86. The van der Waals surface area contributed by atoms with Crippen LogP contribution in [0, 0.1) is 0 Å². The predicted octanol–water partition coefficient (Wildman–Crippen LogP) is 2.02. The van der Waals surface area contributed by atoms with Gasteiger partial charge in [0.15, 0.2) is 0 Å². The first kappa shape index (κ1) is 16.5. The monoisotopic (exact) mass is 270 g/mol. The Bertz CT molecular complexity index is 166. The molecule has 98 valence electrons. The fourth-order valence-corrected chi connectivity index (χ4v) is 3.05. The Kier molecular flexibility index (Phi) is 8.05.